The molecule has 1 atom stereocenters. The second-order valence-electron chi connectivity index (χ2n) is 4.08. The third kappa shape index (κ3) is 6.17. The van der Waals surface area contributed by atoms with Gasteiger partial charge in [-0.05, 0) is 12.0 Å². The lowest BCUT2D eigenvalue weighted by Gasteiger charge is -2.16. The molecule has 5 nitrogen and oxygen atoms in total. The molecule has 0 fully saturated rings. The molecular formula is C13H18N2O3S. The Labute approximate surface area is 113 Å². The van der Waals surface area contributed by atoms with Gasteiger partial charge >= 0.3 is 0 Å². The van der Waals surface area contributed by atoms with Gasteiger partial charge in [0.25, 0.3) is 10.1 Å². The molecule has 0 saturated heterocycles. The molecule has 0 saturated carbocycles. The Morgan fingerprint density at radius 3 is 2.32 bits per heavy atom. The van der Waals surface area contributed by atoms with Crippen LogP contribution in [0.4, 0.5) is 0 Å². The minimum absolute atomic E-state index is 0.415. The van der Waals surface area contributed by atoms with Crippen LogP contribution in [0.25, 0.3) is 0 Å². The van der Waals surface area contributed by atoms with Crippen LogP contribution in [0, 0.1) is 0 Å². The van der Waals surface area contributed by atoms with E-state index in [9.17, 15) is 8.42 Å². The standard InChI is InChI=1S/C12H14N2.CH4O3S/c1-2-12(14-9-8-13-10-14)11-6-4-3-5-7-11;1-5(2,3)4/h3-10,12H,2H2,1H3;1H3,(H,2,3,4). The van der Waals surface area contributed by atoms with Crippen molar-refractivity contribution >= 4 is 10.1 Å². The van der Waals surface area contributed by atoms with E-state index in [4.69, 9.17) is 4.55 Å². The van der Waals surface area contributed by atoms with Gasteiger partial charge in [0.05, 0.1) is 18.6 Å². The second kappa shape index (κ2) is 7.06. The van der Waals surface area contributed by atoms with Crippen molar-refractivity contribution in [3.8, 4) is 0 Å². The number of hydrogen-bond donors (Lipinski definition) is 1. The summed E-state index contributed by atoms with van der Waals surface area (Å²) in [5.41, 5.74) is 1.34. The summed E-state index contributed by atoms with van der Waals surface area (Å²) in [5.74, 6) is 0. The number of nitrogens with zero attached hydrogens (tertiary/aromatic N) is 2. The summed E-state index contributed by atoms with van der Waals surface area (Å²) < 4.78 is 28.0. The van der Waals surface area contributed by atoms with Gasteiger partial charge in [-0.15, -0.1) is 0 Å². The average molecular weight is 282 g/mol. The van der Waals surface area contributed by atoms with Gasteiger partial charge in [-0.25, -0.2) is 4.98 Å². The molecule has 0 radical (unpaired) electrons. The van der Waals surface area contributed by atoms with Gasteiger partial charge in [0.2, 0.25) is 0 Å². The molecule has 6 heteroatoms. The van der Waals surface area contributed by atoms with E-state index in [1.807, 2.05) is 24.8 Å². The van der Waals surface area contributed by atoms with Crippen LogP contribution in [0.15, 0.2) is 49.1 Å². The quantitative estimate of drug-likeness (QED) is 0.877. The zero-order chi connectivity index (χ0) is 14.3. The third-order valence-corrected chi connectivity index (χ3v) is 2.46. The number of benzene rings is 1. The predicted octanol–water partition coefficient (Wildman–Crippen LogP) is 2.39. The monoisotopic (exact) mass is 282 g/mol. The lowest BCUT2D eigenvalue weighted by molar-refractivity contribution is 0.490. The molecule has 0 spiro atoms. The molecule has 1 aromatic carbocycles. The molecule has 0 aliphatic carbocycles. The highest BCUT2D eigenvalue weighted by Crippen LogP contribution is 2.20. The van der Waals surface area contributed by atoms with E-state index in [-0.39, 0.29) is 0 Å². The summed E-state index contributed by atoms with van der Waals surface area (Å²) in [6.45, 7) is 2.19. The lowest BCUT2D eigenvalue weighted by Crippen LogP contribution is -2.07. The third-order valence-electron chi connectivity index (χ3n) is 2.46. The summed E-state index contributed by atoms with van der Waals surface area (Å²) in [6, 6.07) is 10.9. The maximum Gasteiger partial charge on any atom is 0.261 e. The van der Waals surface area contributed by atoms with Gasteiger partial charge in [-0.3, -0.25) is 4.55 Å². The van der Waals surface area contributed by atoms with Crippen molar-refractivity contribution in [1.29, 1.82) is 0 Å². The van der Waals surface area contributed by atoms with Crippen LogP contribution in [0.2, 0.25) is 0 Å². The van der Waals surface area contributed by atoms with Gasteiger partial charge in [-0.2, -0.15) is 8.42 Å². The fourth-order valence-electron chi connectivity index (χ4n) is 1.75. The molecular weight excluding hydrogens is 264 g/mol. The van der Waals surface area contributed by atoms with Crippen molar-refractivity contribution < 1.29 is 13.0 Å². The van der Waals surface area contributed by atoms with E-state index in [1.165, 1.54) is 5.56 Å². The first-order valence-electron chi connectivity index (χ1n) is 5.86. The Morgan fingerprint density at radius 2 is 1.89 bits per heavy atom. The molecule has 1 unspecified atom stereocenters. The highest BCUT2D eigenvalue weighted by atomic mass is 32.2. The number of aromatic nitrogens is 2. The van der Waals surface area contributed by atoms with E-state index in [2.05, 4.69) is 40.7 Å². The van der Waals surface area contributed by atoms with Gasteiger partial charge in [0, 0.05) is 12.4 Å². The Hall–Kier alpha value is -1.66. The van der Waals surface area contributed by atoms with Crippen molar-refractivity contribution in [2.24, 2.45) is 0 Å². The molecule has 0 bridgehead atoms. The van der Waals surface area contributed by atoms with Crippen LogP contribution in [0.1, 0.15) is 24.9 Å². The van der Waals surface area contributed by atoms with Crippen LogP contribution in [0.5, 0.6) is 0 Å². The van der Waals surface area contributed by atoms with Crippen LogP contribution in [-0.4, -0.2) is 28.8 Å². The fourth-order valence-corrected chi connectivity index (χ4v) is 1.75. The van der Waals surface area contributed by atoms with Gasteiger partial charge in [-0.1, -0.05) is 37.3 Å². The van der Waals surface area contributed by atoms with E-state index in [0.717, 1.165) is 6.42 Å². The van der Waals surface area contributed by atoms with E-state index < -0.39 is 10.1 Å². The van der Waals surface area contributed by atoms with Crippen LogP contribution in [0.3, 0.4) is 0 Å². The summed E-state index contributed by atoms with van der Waals surface area (Å²) in [6.07, 6.45) is 7.52. The SMILES string of the molecule is CCC(c1ccccc1)n1ccnc1.CS(=O)(=O)O. The van der Waals surface area contributed by atoms with E-state index >= 15 is 0 Å². The minimum Gasteiger partial charge on any atom is -0.330 e. The van der Waals surface area contributed by atoms with Crippen LogP contribution in [-0.2, 0) is 10.1 Å². The molecule has 104 valence electrons. The molecule has 1 heterocycles. The number of hydrogen-bond acceptors (Lipinski definition) is 3. The maximum absolute atomic E-state index is 9.19. The summed E-state index contributed by atoms with van der Waals surface area (Å²) in [4.78, 5) is 4.08. The molecule has 19 heavy (non-hydrogen) atoms. The molecule has 1 N–H and O–H groups in total. The van der Waals surface area contributed by atoms with E-state index in [0.29, 0.717) is 12.3 Å². The second-order valence-corrected chi connectivity index (χ2v) is 5.54. The molecule has 2 aromatic rings. The maximum atomic E-state index is 9.19. The smallest absolute Gasteiger partial charge is 0.261 e. The molecule has 2 rings (SSSR count). The topological polar surface area (TPSA) is 72.2 Å². The molecule has 0 aliphatic heterocycles. The van der Waals surface area contributed by atoms with Crippen molar-refractivity contribution in [2.75, 3.05) is 6.26 Å². The summed E-state index contributed by atoms with van der Waals surface area (Å²) >= 11 is 0. The van der Waals surface area contributed by atoms with Crippen molar-refractivity contribution in [3.63, 3.8) is 0 Å². The zero-order valence-electron chi connectivity index (χ0n) is 11.0. The number of imidazole rings is 1. The van der Waals surface area contributed by atoms with Crippen molar-refractivity contribution in [1.82, 2.24) is 9.55 Å². The zero-order valence-corrected chi connectivity index (χ0v) is 11.8. The normalized spacial score (nSPS) is 12.4. The van der Waals surface area contributed by atoms with Crippen LogP contribution >= 0.6 is 0 Å². The summed E-state index contributed by atoms with van der Waals surface area (Å²) in [5, 5.41) is 0. The molecule has 0 aliphatic rings. The highest BCUT2D eigenvalue weighted by molar-refractivity contribution is 7.85. The minimum atomic E-state index is -3.67. The van der Waals surface area contributed by atoms with Gasteiger partial charge in [0.1, 0.15) is 0 Å². The van der Waals surface area contributed by atoms with Crippen molar-refractivity contribution in [2.45, 2.75) is 19.4 Å². The predicted molar refractivity (Wildman–Crippen MR) is 74.6 cm³/mol. The van der Waals surface area contributed by atoms with Gasteiger partial charge < -0.3 is 4.57 Å². The first kappa shape index (κ1) is 15.4. The first-order valence-corrected chi connectivity index (χ1v) is 7.71. The fraction of sp³-hybridized carbons (Fsp3) is 0.308. The Balaban J connectivity index is 0.000000312. The van der Waals surface area contributed by atoms with Crippen LogP contribution < -0.4 is 0 Å². The van der Waals surface area contributed by atoms with E-state index in [1.54, 1.807) is 0 Å². The Bertz CT molecular complexity index is 557. The summed E-state index contributed by atoms with van der Waals surface area (Å²) in [7, 11) is -3.67. The average Bonchev–Trinajstić information content (AvgIpc) is 2.83. The first-order chi connectivity index (χ1) is 8.92. The molecule has 1 aromatic heterocycles. The Kier molecular flexibility index (Phi) is 5.72. The highest BCUT2D eigenvalue weighted by Gasteiger charge is 2.09. The largest absolute Gasteiger partial charge is 0.330 e. The van der Waals surface area contributed by atoms with Crippen molar-refractivity contribution in [3.05, 3.63) is 54.6 Å². The van der Waals surface area contributed by atoms with Gasteiger partial charge in [0.15, 0.2) is 0 Å². The lowest BCUT2D eigenvalue weighted by atomic mass is 10.0. The molecule has 0 amide bonds. The number of rotatable bonds is 3. The Morgan fingerprint density at radius 1 is 1.32 bits per heavy atom.